The predicted molar refractivity (Wildman–Crippen MR) is 74.3 cm³/mol. The van der Waals surface area contributed by atoms with Crippen molar-refractivity contribution in [1.29, 1.82) is 0 Å². The van der Waals surface area contributed by atoms with E-state index in [1.807, 2.05) is 27.7 Å². The number of carboxylic acid groups (broad SMARTS) is 1. The van der Waals surface area contributed by atoms with E-state index in [1.165, 1.54) is 12.5 Å². The van der Waals surface area contributed by atoms with Gasteiger partial charge in [0.05, 0.1) is 6.33 Å². The van der Waals surface area contributed by atoms with Gasteiger partial charge in [-0.1, -0.05) is 20.8 Å². The number of H-pyrrole nitrogens is 1. The number of rotatable bonds is 5. The molecular formula is C13H22N4O3. The van der Waals surface area contributed by atoms with Crippen molar-refractivity contribution >= 4 is 12.0 Å². The zero-order valence-electron chi connectivity index (χ0n) is 12.2. The van der Waals surface area contributed by atoms with Crippen LogP contribution in [0.2, 0.25) is 0 Å². The minimum Gasteiger partial charge on any atom is -0.480 e. The molecule has 0 aromatic carbocycles. The third-order valence-electron chi connectivity index (χ3n) is 3.23. The van der Waals surface area contributed by atoms with Crippen LogP contribution in [-0.2, 0) is 11.2 Å². The van der Waals surface area contributed by atoms with Gasteiger partial charge in [0.25, 0.3) is 0 Å². The Morgan fingerprint density at radius 1 is 1.40 bits per heavy atom. The topological polar surface area (TPSA) is 107 Å². The maximum atomic E-state index is 11.8. The summed E-state index contributed by atoms with van der Waals surface area (Å²) >= 11 is 0. The zero-order valence-corrected chi connectivity index (χ0v) is 12.2. The number of hydrogen-bond donors (Lipinski definition) is 4. The van der Waals surface area contributed by atoms with E-state index in [9.17, 15) is 9.59 Å². The SMILES string of the molecule is CC(NC(=O)N[C@@H](Cc1cnc[nH]1)C(=O)O)C(C)(C)C. The molecule has 0 saturated carbocycles. The van der Waals surface area contributed by atoms with Gasteiger partial charge < -0.3 is 20.7 Å². The number of urea groups is 1. The first-order valence-corrected chi connectivity index (χ1v) is 6.47. The molecule has 0 spiro atoms. The molecule has 0 bridgehead atoms. The molecule has 1 heterocycles. The van der Waals surface area contributed by atoms with E-state index in [0.717, 1.165) is 0 Å². The highest BCUT2D eigenvalue weighted by atomic mass is 16.4. The molecule has 112 valence electrons. The average molecular weight is 282 g/mol. The number of carbonyl (C=O) groups is 2. The van der Waals surface area contributed by atoms with Gasteiger partial charge in [-0.25, -0.2) is 14.6 Å². The Bertz CT molecular complexity index is 451. The Morgan fingerprint density at radius 3 is 2.50 bits per heavy atom. The quantitative estimate of drug-likeness (QED) is 0.649. The summed E-state index contributed by atoms with van der Waals surface area (Å²) in [5, 5.41) is 14.3. The van der Waals surface area contributed by atoms with Crippen LogP contribution in [0.25, 0.3) is 0 Å². The van der Waals surface area contributed by atoms with Gasteiger partial charge in [-0.2, -0.15) is 0 Å². The minimum atomic E-state index is -1.09. The lowest BCUT2D eigenvalue weighted by atomic mass is 9.88. The summed E-state index contributed by atoms with van der Waals surface area (Å²) in [5.74, 6) is -1.09. The average Bonchev–Trinajstić information content (AvgIpc) is 2.79. The van der Waals surface area contributed by atoms with Crippen LogP contribution in [0.5, 0.6) is 0 Å². The molecule has 1 aromatic rings. The molecule has 2 atom stereocenters. The first kappa shape index (κ1) is 16.0. The Hall–Kier alpha value is -2.05. The maximum absolute atomic E-state index is 11.8. The van der Waals surface area contributed by atoms with Crippen molar-refractivity contribution in [2.45, 2.75) is 46.2 Å². The van der Waals surface area contributed by atoms with Gasteiger partial charge >= 0.3 is 12.0 Å². The second-order valence-corrected chi connectivity index (χ2v) is 5.88. The summed E-state index contributed by atoms with van der Waals surface area (Å²) < 4.78 is 0. The maximum Gasteiger partial charge on any atom is 0.326 e. The van der Waals surface area contributed by atoms with E-state index < -0.39 is 18.0 Å². The summed E-state index contributed by atoms with van der Waals surface area (Å²) in [6.45, 7) is 7.87. The number of nitrogens with one attached hydrogen (secondary N) is 3. The summed E-state index contributed by atoms with van der Waals surface area (Å²) in [7, 11) is 0. The van der Waals surface area contributed by atoms with Crippen molar-refractivity contribution in [1.82, 2.24) is 20.6 Å². The first-order chi connectivity index (χ1) is 9.20. The molecule has 1 unspecified atom stereocenters. The number of nitrogens with zero attached hydrogens (tertiary/aromatic N) is 1. The molecule has 0 aliphatic heterocycles. The Balaban J connectivity index is 2.58. The smallest absolute Gasteiger partial charge is 0.326 e. The van der Waals surface area contributed by atoms with Crippen LogP contribution in [0.15, 0.2) is 12.5 Å². The third kappa shape index (κ3) is 4.91. The molecule has 2 amide bonds. The highest BCUT2D eigenvalue weighted by Crippen LogP contribution is 2.18. The van der Waals surface area contributed by atoms with Gasteiger partial charge in [0.1, 0.15) is 6.04 Å². The van der Waals surface area contributed by atoms with Gasteiger partial charge in [0.2, 0.25) is 0 Å². The number of carbonyl (C=O) groups excluding carboxylic acids is 1. The van der Waals surface area contributed by atoms with Crippen molar-refractivity contribution in [2.24, 2.45) is 5.41 Å². The fraction of sp³-hybridized carbons (Fsp3) is 0.615. The molecule has 0 radical (unpaired) electrons. The number of aliphatic carboxylic acids is 1. The summed E-state index contributed by atoms with van der Waals surface area (Å²) in [6, 6.07) is -1.56. The predicted octanol–water partition coefficient (Wildman–Crippen LogP) is 1.14. The number of aromatic nitrogens is 2. The van der Waals surface area contributed by atoms with Gasteiger partial charge in [0, 0.05) is 24.4 Å². The van der Waals surface area contributed by atoms with Crippen molar-refractivity contribution in [2.75, 3.05) is 0 Å². The lowest BCUT2D eigenvalue weighted by Crippen LogP contribution is -2.51. The largest absolute Gasteiger partial charge is 0.480 e. The fourth-order valence-electron chi connectivity index (χ4n) is 1.43. The van der Waals surface area contributed by atoms with Crippen LogP contribution in [0.4, 0.5) is 4.79 Å². The van der Waals surface area contributed by atoms with Crippen molar-refractivity contribution in [3.63, 3.8) is 0 Å². The fourth-order valence-corrected chi connectivity index (χ4v) is 1.43. The molecule has 1 aromatic heterocycles. The summed E-state index contributed by atoms with van der Waals surface area (Å²) in [6.07, 6.45) is 3.16. The summed E-state index contributed by atoms with van der Waals surface area (Å²) in [5.41, 5.74) is 0.556. The van der Waals surface area contributed by atoms with Crippen LogP contribution < -0.4 is 10.6 Å². The van der Waals surface area contributed by atoms with Crippen LogP contribution in [-0.4, -0.2) is 39.2 Å². The number of carboxylic acids is 1. The summed E-state index contributed by atoms with van der Waals surface area (Å²) in [4.78, 5) is 29.6. The molecule has 0 aliphatic rings. The number of aromatic amines is 1. The standard InChI is InChI=1S/C13H22N4O3/c1-8(13(2,3)4)16-12(20)17-10(11(18)19)5-9-6-14-7-15-9/h6-8,10H,5H2,1-4H3,(H,14,15)(H,18,19)(H2,16,17,20)/t8?,10-/m0/s1. The van der Waals surface area contributed by atoms with E-state index in [4.69, 9.17) is 5.11 Å². The second-order valence-electron chi connectivity index (χ2n) is 5.88. The molecular weight excluding hydrogens is 260 g/mol. The number of amides is 2. The lowest BCUT2D eigenvalue weighted by Gasteiger charge is -2.28. The molecule has 7 nitrogen and oxygen atoms in total. The van der Waals surface area contributed by atoms with E-state index in [0.29, 0.717) is 5.69 Å². The second kappa shape index (κ2) is 6.40. The van der Waals surface area contributed by atoms with Gasteiger partial charge in [0.15, 0.2) is 0 Å². The number of hydrogen-bond acceptors (Lipinski definition) is 3. The molecule has 1 rings (SSSR count). The highest BCUT2D eigenvalue weighted by Gasteiger charge is 2.25. The third-order valence-corrected chi connectivity index (χ3v) is 3.23. The monoisotopic (exact) mass is 282 g/mol. The van der Waals surface area contributed by atoms with Crippen LogP contribution >= 0.6 is 0 Å². The minimum absolute atomic E-state index is 0.0795. The van der Waals surface area contributed by atoms with Gasteiger partial charge in [-0.05, 0) is 12.3 Å². The van der Waals surface area contributed by atoms with E-state index in [-0.39, 0.29) is 17.9 Å². The molecule has 0 saturated heterocycles. The molecule has 7 heteroatoms. The van der Waals surface area contributed by atoms with Gasteiger partial charge in [-0.15, -0.1) is 0 Å². The van der Waals surface area contributed by atoms with E-state index in [1.54, 1.807) is 0 Å². The van der Waals surface area contributed by atoms with E-state index >= 15 is 0 Å². The Morgan fingerprint density at radius 2 is 2.05 bits per heavy atom. The van der Waals surface area contributed by atoms with Gasteiger partial charge in [-0.3, -0.25) is 0 Å². The molecule has 0 fully saturated rings. The number of imidazole rings is 1. The Kier molecular flexibility index (Phi) is 5.12. The normalized spacial score (nSPS) is 14.4. The van der Waals surface area contributed by atoms with E-state index in [2.05, 4.69) is 20.6 Å². The van der Waals surface area contributed by atoms with Crippen molar-refractivity contribution in [3.05, 3.63) is 18.2 Å². The van der Waals surface area contributed by atoms with Crippen LogP contribution in [0, 0.1) is 5.41 Å². The Labute approximate surface area is 118 Å². The highest BCUT2D eigenvalue weighted by molar-refractivity contribution is 5.82. The van der Waals surface area contributed by atoms with Crippen LogP contribution in [0.3, 0.4) is 0 Å². The molecule has 20 heavy (non-hydrogen) atoms. The molecule has 4 N–H and O–H groups in total. The van der Waals surface area contributed by atoms with Crippen molar-refractivity contribution in [3.8, 4) is 0 Å². The van der Waals surface area contributed by atoms with Crippen LogP contribution in [0.1, 0.15) is 33.4 Å². The van der Waals surface area contributed by atoms with Crippen molar-refractivity contribution < 1.29 is 14.7 Å². The molecule has 0 aliphatic carbocycles. The lowest BCUT2D eigenvalue weighted by molar-refractivity contribution is -0.139. The zero-order chi connectivity index (χ0) is 15.3. The first-order valence-electron chi connectivity index (χ1n) is 6.47.